The van der Waals surface area contributed by atoms with Gasteiger partial charge in [-0.25, -0.2) is 4.79 Å². The molecule has 1 fully saturated rings. The number of nitrogens with two attached hydrogens (primary N) is 1. The van der Waals surface area contributed by atoms with E-state index in [1.54, 1.807) is 20.8 Å². The lowest BCUT2D eigenvalue weighted by molar-refractivity contribution is -0.147. The number of carbonyl (C=O) groups excluding carboxylic acids is 3. The summed E-state index contributed by atoms with van der Waals surface area (Å²) in [6, 6.07) is 15.5. The molecule has 0 aliphatic carbocycles. The largest absolute Gasteiger partial charge is 0.480 e. The summed E-state index contributed by atoms with van der Waals surface area (Å²) in [5.41, 5.74) is 7.54. The molecule has 5 N–H and O–H groups in total. The van der Waals surface area contributed by atoms with Crippen LogP contribution in [-0.4, -0.2) is 76.6 Å². The van der Waals surface area contributed by atoms with Gasteiger partial charge in [-0.3, -0.25) is 14.4 Å². The molecule has 0 saturated carbocycles. The highest BCUT2D eigenvalue weighted by atomic mass is 16.5. The molecule has 3 amide bonds. The number of carboxylic acids is 1. The Morgan fingerprint density at radius 2 is 1.54 bits per heavy atom. The van der Waals surface area contributed by atoms with Gasteiger partial charge in [0, 0.05) is 25.4 Å². The van der Waals surface area contributed by atoms with E-state index in [9.17, 15) is 24.3 Å². The summed E-state index contributed by atoms with van der Waals surface area (Å²) in [6.07, 6.45) is 1.75. The first kappa shape index (κ1) is 31.8. The Hall–Kier alpha value is -3.76. The predicted octanol–water partition coefficient (Wildman–Crippen LogP) is 2.05. The molecular formula is C31H42N4O6. The van der Waals surface area contributed by atoms with Gasteiger partial charge in [-0.05, 0) is 51.2 Å². The van der Waals surface area contributed by atoms with Gasteiger partial charge >= 0.3 is 5.97 Å². The standard InChI is InChI=1S/C31H42N4O6/c1-31(2,3)41-20-25(30(39)40)34-28(37)26-15-10-16-35(26)29(38)24(18-22-13-8-5-9-14-22)33-27(36)19-23(32)17-21-11-6-4-7-12-21/h4-9,11-14,23-26H,10,15-20,32H2,1-3H3,(H,33,36)(H,34,37)(H,39,40)/t23-,24-,25-,26-/m0/s1. The van der Waals surface area contributed by atoms with Crippen LogP contribution in [0.2, 0.25) is 0 Å². The summed E-state index contributed by atoms with van der Waals surface area (Å²) >= 11 is 0. The van der Waals surface area contributed by atoms with E-state index >= 15 is 0 Å². The van der Waals surface area contributed by atoms with Crippen molar-refractivity contribution in [3.63, 3.8) is 0 Å². The summed E-state index contributed by atoms with van der Waals surface area (Å²) in [4.78, 5) is 53.3. The molecule has 41 heavy (non-hydrogen) atoms. The van der Waals surface area contributed by atoms with Crippen molar-refractivity contribution in [3.05, 3.63) is 71.8 Å². The number of hydrogen-bond donors (Lipinski definition) is 4. The molecule has 1 heterocycles. The fourth-order valence-electron chi connectivity index (χ4n) is 4.81. The Bertz CT molecular complexity index is 1170. The maximum atomic E-state index is 13.8. The van der Waals surface area contributed by atoms with Crippen molar-refractivity contribution in [1.82, 2.24) is 15.5 Å². The smallest absolute Gasteiger partial charge is 0.328 e. The summed E-state index contributed by atoms with van der Waals surface area (Å²) < 4.78 is 5.57. The van der Waals surface area contributed by atoms with Gasteiger partial charge in [-0.1, -0.05) is 60.7 Å². The Morgan fingerprint density at radius 3 is 2.10 bits per heavy atom. The third-order valence-electron chi connectivity index (χ3n) is 6.84. The zero-order chi connectivity index (χ0) is 30.0. The van der Waals surface area contributed by atoms with E-state index in [1.807, 2.05) is 60.7 Å². The molecule has 1 saturated heterocycles. The first-order valence-corrected chi connectivity index (χ1v) is 14.0. The number of benzene rings is 2. The molecule has 1 aliphatic rings. The highest BCUT2D eigenvalue weighted by molar-refractivity contribution is 5.94. The molecule has 222 valence electrons. The predicted molar refractivity (Wildman–Crippen MR) is 155 cm³/mol. The zero-order valence-corrected chi connectivity index (χ0v) is 24.0. The number of hydrogen-bond acceptors (Lipinski definition) is 6. The SMILES string of the molecule is CC(C)(C)OC[C@H](NC(=O)[C@@H]1CCCN1C(=O)[C@H](Cc1ccccc1)NC(=O)C[C@@H](N)Cc1ccccc1)C(=O)O. The fourth-order valence-corrected chi connectivity index (χ4v) is 4.81. The van der Waals surface area contributed by atoms with Gasteiger partial charge in [0.15, 0.2) is 6.04 Å². The van der Waals surface area contributed by atoms with E-state index in [4.69, 9.17) is 10.5 Å². The van der Waals surface area contributed by atoms with Crippen molar-refractivity contribution in [2.75, 3.05) is 13.2 Å². The van der Waals surface area contributed by atoms with Crippen LogP contribution in [0.15, 0.2) is 60.7 Å². The normalized spacial score (nSPS) is 17.4. The summed E-state index contributed by atoms with van der Waals surface area (Å²) in [7, 11) is 0. The fraction of sp³-hybridized carbons (Fsp3) is 0.484. The lowest BCUT2D eigenvalue weighted by Gasteiger charge is -2.30. The Labute approximate surface area is 241 Å². The van der Waals surface area contributed by atoms with Crippen LogP contribution in [0.5, 0.6) is 0 Å². The molecular weight excluding hydrogens is 524 g/mol. The number of carboxylic acid groups (broad SMARTS) is 1. The lowest BCUT2D eigenvalue weighted by Crippen LogP contribution is -2.56. The first-order chi connectivity index (χ1) is 19.4. The number of aliphatic carboxylic acids is 1. The molecule has 0 radical (unpaired) electrons. The van der Waals surface area contributed by atoms with Crippen LogP contribution in [0.4, 0.5) is 0 Å². The first-order valence-electron chi connectivity index (χ1n) is 14.0. The van der Waals surface area contributed by atoms with Gasteiger partial charge in [0.25, 0.3) is 0 Å². The molecule has 0 bridgehead atoms. The Kier molecular flexibility index (Phi) is 11.4. The van der Waals surface area contributed by atoms with Crippen molar-refractivity contribution < 1.29 is 29.0 Å². The topological polar surface area (TPSA) is 151 Å². The number of rotatable bonds is 13. The minimum Gasteiger partial charge on any atom is -0.480 e. The van der Waals surface area contributed by atoms with Gasteiger partial charge in [0.2, 0.25) is 17.7 Å². The van der Waals surface area contributed by atoms with Crippen molar-refractivity contribution in [2.24, 2.45) is 5.73 Å². The number of nitrogens with zero attached hydrogens (tertiary/aromatic N) is 1. The molecule has 2 aromatic carbocycles. The average Bonchev–Trinajstić information content (AvgIpc) is 3.41. The van der Waals surface area contributed by atoms with Crippen LogP contribution in [0.1, 0.15) is 51.2 Å². The zero-order valence-electron chi connectivity index (χ0n) is 24.0. The molecule has 1 aliphatic heterocycles. The van der Waals surface area contributed by atoms with E-state index in [0.717, 1.165) is 11.1 Å². The maximum Gasteiger partial charge on any atom is 0.328 e. The second-order valence-corrected chi connectivity index (χ2v) is 11.5. The van der Waals surface area contributed by atoms with E-state index in [-0.39, 0.29) is 25.4 Å². The number of amides is 3. The van der Waals surface area contributed by atoms with E-state index in [0.29, 0.717) is 25.8 Å². The van der Waals surface area contributed by atoms with Crippen molar-refractivity contribution in [2.45, 2.75) is 82.6 Å². The minimum absolute atomic E-state index is 0.0332. The highest BCUT2D eigenvalue weighted by Gasteiger charge is 2.39. The summed E-state index contributed by atoms with van der Waals surface area (Å²) in [6.45, 7) is 5.49. The molecule has 2 aromatic rings. The van der Waals surface area contributed by atoms with Crippen molar-refractivity contribution in [1.29, 1.82) is 0 Å². The Balaban J connectivity index is 1.70. The molecule has 10 nitrogen and oxygen atoms in total. The quantitative estimate of drug-likeness (QED) is 0.290. The number of likely N-dealkylation sites (tertiary alicyclic amines) is 1. The molecule has 10 heteroatoms. The number of nitrogens with one attached hydrogen (secondary N) is 2. The molecule has 4 atom stereocenters. The van der Waals surface area contributed by atoms with Gasteiger partial charge in [-0.2, -0.15) is 0 Å². The summed E-state index contributed by atoms with van der Waals surface area (Å²) in [5.74, 6) is -2.53. The second-order valence-electron chi connectivity index (χ2n) is 11.5. The molecule has 3 rings (SSSR count). The lowest BCUT2D eigenvalue weighted by atomic mass is 10.0. The van der Waals surface area contributed by atoms with Crippen LogP contribution >= 0.6 is 0 Å². The van der Waals surface area contributed by atoms with Gasteiger partial charge in [0.1, 0.15) is 12.1 Å². The van der Waals surface area contributed by atoms with Gasteiger partial charge < -0.3 is 31.1 Å². The average molecular weight is 567 g/mol. The van der Waals surface area contributed by atoms with Crippen LogP contribution in [-0.2, 0) is 36.8 Å². The highest BCUT2D eigenvalue weighted by Crippen LogP contribution is 2.20. The van der Waals surface area contributed by atoms with E-state index in [2.05, 4.69) is 10.6 Å². The number of carbonyl (C=O) groups is 4. The Morgan fingerprint density at radius 1 is 0.951 bits per heavy atom. The summed E-state index contributed by atoms with van der Waals surface area (Å²) in [5, 5.41) is 15.0. The van der Waals surface area contributed by atoms with E-state index < -0.39 is 47.6 Å². The molecule has 0 spiro atoms. The van der Waals surface area contributed by atoms with E-state index in [1.165, 1.54) is 4.90 Å². The van der Waals surface area contributed by atoms with Gasteiger partial charge in [0.05, 0.1) is 12.2 Å². The third-order valence-corrected chi connectivity index (χ3v) is 6.84. The van der Waals surface area contributed by atoms with Crippen molar-refractivity contribution >= 4 is 23.7 Å². The molecule has 0 aromatic heterocycles. The van der Waals surface area contributed by atoms with Crippen LogP contribution in [0.25, 0.3) is 0 Å². The third kappa shape index (κ3) is 10.3. The second kappa shape index (κ2) is 14.7. The van der Waals surface area contributed by atoms with Crippen LogP contribution in [0, 0.1) is 0 Å². The van der Waals surface area contributed by atoms with Crippen LogP contribution < -0.4 is 16.4 Å². The van der Waals surface area contributed by atoms with Crippen LogP contribution in [0.3, 0.4) is 0 Å². The maximum absolute atomic E-state index is 13.8. The monoisotopic (exact) mass is 566 g/mol. The van der Waals surface area contributed by atoms with Crippen molar-refractivity contribution in [3.8, 4) is 0 Å². The van der Waals surface area contributed by atoms with Gasteiger partial charge in [-0.15, -0.1) is 0 Å². The molecule has 0 unspecified atom stereocenters. The minimum atomic E-state index is -1.26. The number of ether oxygens (including phenoxy) is 1.